The first kappa shape index (κ1) is 21.4. The van der Waals surface area contributed by atoms with Gasteiger partial charge in [-0.2, -0.15) is 9.78 Å². The quantitative estimate of drug-likeness (QED) is 0.668. The van der Waals surface area contributed by atoms with E-state index in [-0.39, 0.29) is 12.5 Å². The Morgan fingerprint density at radius 1 is 1.03 bits per heavy atom. The molecule has 1 aliphatic heterocycles. The van der Waals surface area contributed by atoms with Crippen LogP contribution >= 0.6 is 0 Å². The second-order valence-electron chi connectivity index (χ2n) is 10.8. The van der Waals surface area contributed by atoms with Gasteiger partial charge in [-0.1, -0.05) is 12.1 Å². The lowest BCUT2D eigenvalue weighted by Crippen LogP contribution is -2.59. The molecule has 1 heterocycles. The Hall–Kier alpha value is -2.16. The van der Waals surface area contributed by atoms with Crippen LogP contribution in [0.25, 0.3) is 0 Å². The molecule has 1 aromatic carbocycles. The summed E-state index contributed by atoms with van der Waals surface area (Å²) in [7, 11) is 0. The molecule has 1 unspecified atom stereocenters. The number of hydrogen-bond donors (Lipinski definition) is 2. The van der Waals surface area contributed by atoms with Crippen molar-refractivity contribution in [3.63, 3.8) is 0 Å². The highest BCUT2D eigenvalue weighted by Gasteiger charge is 2.67. The van der Waals surface area contributed by atoms with E-state index >= 15 is 0 Å². The average Bonchev–Trinajstić information content (AvgIpc) is 3.15. The average molecular weight is 457 g/mol. The minimum absolute atomic E-state index is 0.256. The third-order valence-corrected chi connectivity index (χ3v) is 8.58. The first-order valence-corrected chi connectivity index (χ1v) is 12.3. The van der Waals surface area contributed by atoms with Gasteiger partial charge in [0.15, 0.2) is 0 Å². The zero-order valence-corrected chi connectivity index (χ0v) is 18.8. The summed E-state index contributed by atoms with van der Waals surface area (Å²) in [6.07, 6.45) is 9.23. The molecule has 3 N–H and O–H groups in total. The number of rotatable bonds is 4. The fourth-order valence-corrected chi connectivity index (χ4v) is 7.37. The van der Waals surface area contributed by atoms with Gasteiger partial charge >= 0.3 is 6.09 Å². The molecule has 33 heavy (non-hydrogen) atoms. The molecule has 2 amide bonds. The van der Waals surface area contributed by atoms with Crippen molar-refractivity contribution in [1.82, 2.24) is 5.32 Å². The van der Waals surface area contributed by atoms with Gasteiger partial charge in [-0.25, -0.2) is 4.79 Å². The van der Waals surface area contributed by atoms with Gasteiger partial charge < -0.3 is 20.5 Å². The number of amides is 2. The van der Waals surface area contributed by atoms with E-state index in [1.54, 1.807) is 12.1 Å². The van der Waals surface area contributed by atoms with Crippen LogP contribution in [0, 0.1) is 23.7 Å². The molecule has 0 radical (unpaired) electrons. The number of ether oxygens (including phenoxy) is 2. The highest BCUT2D eigenvalue weighted by Crippen LogP contribution is 2.64. The molecule has 4 bridgehead atoms. The summed E-state index contributed by atoms with van der Waals surface area (Å²) in [6, 6.07) is 7.50. The molecule has 5 aliphatic carbocycles. The number of hydrogen-bond acceptors (Lipinski definition) is 6. The molecule has 0 aromatic heterocycles. The summed E-state index contributed by atoms with van der Waals surface area (Å²) in [4.78, 5) is 34.8. The van der Waals surface area contributed by atoms with E-state index in [1.807, 2.05) is 12.1 Å². The van der Waals surface area contributed by atoms with Crippen LogP contribution in [0.3, 0.4) is 0 Å². The van der Waals surface area contributed by atoms with Crippen LogP contribution in [0.15, 0.2) is 24.3 Å². The summed E-state index contributed by atoms with van der Waals surface area (Å²) in [5, 5.41) is 2.31. The van der Waals surface area contributed by atoms with E-state index in [4.69, 9.17) is 25.0 Å². The van der Waals surface area contributed by atoms with Crippen LogP contribution in [0.4, 0.5) is 4.79 Å². The number of carbonyl (C=O) groups excluding carboxylic acids is 2. The highest BCUT2D eigenvalue weighted by atomic mass is 17.3. The van der Waals surface area contributed by atoms with Gasteiger partial charge in [0.1, 0.15) is 5.75 Å². The van der Waals surface area contributed by atoms with Crippen molar-refractivity contribution in [3.05, 3.63) is 29.8 Å². The summed E-state index contributed by atoms with van der Waals surface area (Å²) in [6.45, 7) is -0.256. The monoisotopic (exact) mass is 456 g/mol. The SMILES string of the molecule is NC(=O)CNC(=O)Oc1ccc(C2CCC[C@]3(C2)OOC2(O3)C3CC4CC(C3)CC2C4)cc1. The van der Waals surface area contributed by atoms with Crippen LogP contribution in [0.5, 0.6) is 5.75 Å². The first-order valence-electron chi connectivity index (χ1n) is 12.3. The van der Waals surface area contributed by atoms with Crippen molar-refractivity contribution in [1.29, 1.82) is 0 Å². The lowest BCUT2D eigenvalue weighted by atomic mass is 9.53. The van der Waals surface area contributed by atoms with Crippen molar-refractivity contribution in [3.8, 4) is 5.75 Å². The normalized spacial score (nSPS) is 40.9. The van der Waals surface area contributed by atoms with Gasteiger partial charge in [0, 0.05) is 24.7 Å². The molecule has 5 saturated carbocycles. The van der Waals surface area contributed by atoms with Crippen molar-refractivity contribution in [2.45, 2.75) is 75.3 Å². The van der Waals surface area contributed by atoms with Crippen LogP contribution in [-0.4, -0.2) is 30.1 Å². The number of nitrogens with two attached hydrogens (primary N) is 1. The third-order valence-electron chi connectivity index (χ3n) is 8.58. The van der Waals surface area contributed by atoms with E-state index < -0.39 is 23.6 Å². The number of nitrogens with one attached hydrogen (secondary N) is 1. The van der Waals surface area contributed by atoms with Gasteiger partial charge in [-0.05, 0) is 80.4 Å². The van der Waals surface area contributed by atoms with Crippen molar-refractivity contribution in [2.75, 3.05) is 6.54 Å². The second kappa shape index (κ2) is 7.96. The van der Waals surface area contributed by atoms with Gasteiger partial charge in [0.2, 0.25) is 17.5 Å². The molecular formula is C25H32N2O6. The maximum Gasteiger partial charge on any atom is 0.413 e. The third kappa shape index (κ3) is 3.82. The van der Waals surface area contributed by atoms with E-state index in [1.165, 1.54) is 32.1 Å². The predicted octanol–water partition coefficient (Wildman–Crippen LogP) is 3.75. The Labute approximate surface area is 193 Å². The van der Waals surface area contributed by atoms with Crippen LogP contribution in [0.2, 0.25) is 0 Å². The molecule has 8 heteroatoms. The van der Waals surface area contributed by atoms with Crippen molar-refractivity contribution in [2.24, 2.45) is 29.4 Å². The molecule has 178 valence electrons. The smallest absolute Gasteiger partial charge is 0.410 e. The maximum absolute atomic E-state index is 11.7. The first-order chi connectivity index (χ1) is 15.9. The Morgan fingerprint density at radius 3 is 2.39 bits per heavy atom. The fourth-order valence-electron chi connectivity index (χ4n) is 7.37. The fraction of sp³-hybridized carbons (Fsp3) is 0.680. The highest BCUT2D eigenvalue weighted by molar-refractivity contribution is 5.81. The standard InChI is InChI=1S/C25H32N2O6/c26-22(28)14-27-23(29)30-21-5-3-17(4-6-21)18-2-1-7-24(13-18)31-25(33-32-24)19-9-15-8-16(11-19)12-20(25)10-15/h3-6,15-16,18-20H,1-2,7-14H2,(H2,26,28)(H,27,29)/t15?,16?,18?,19?,20?,24-,25?/m1/s1. The molecule has 6 aliphatic rings. The molecule has 1 aromatic rings. The van der Waals surface area contributed by atoms with E-state index in [0.717, 1.165) is 43.1 Å². The molecule has 1 saturated heterocycles. The molecule has 2 spiro atoms. The molecular weight excluding hydrogens is 424 g/mol. The van der Waals surface area contributed by atoms with Crippen LogP contribution in [0.1, 0.15) is 69.3 Å². The van der Waals surface area contributed by atoms with E-state index in [9.17, 15) is 9.59 Å². The predicted molar refractivity (Wildman–Crippen MR) is 117 cm³/mol. The Kier molecular flexibility index (Phi) is 5.16. The summed E-state index contributed by atoms with van der Waals surface area (Å²) in [5.41, 5.74) is 6.19. The van der Waals surface area contributed by atoms with E-state index in [0.29, 0.717) is 17.6 Å². The van der Waals surface area contributed by atoms with Gasteiger partial charge in [-0.15, -0.1) is 0 Å². The summed E-state index contributed by atoms with van der Waals surface area (Å²) >= 11 is 0. The lowest BCUT2D eigenvalue weighted by Gasteiger charge is -2.57. The van der Waals surface area contributed by atoms with Crippen molar-refractivity contribution < 1.29 is 28.8 Å². The van der Waals surface area contributed by atoms with E-state index in [2.05, 4.69) is 5.32 Å². The summed E-state index contributed by atoms with van der Waals surface area (Å²) < 4.78 is 12.1. The molecule has 7 rings (SSSR count). The second-order valence-corrected chi connectivity index (χ2v) is 10.8. The molecule has 2 atom stereocenters. The van der Waals surface area contributed by atoms with Crippen LogP contribution in [-0.2, 0) is 19.3 Å². The lowest BCUT2D eigenvalue weighted by molar-refractivity contribution is -0.390. The topological polar surface area (TPSA) is 109 Å². The Balaban J connectivity index is 1.12. The largest absolute Gasteiger partial charge is 0.413 e. The van der Waals surface area contributed by atoms with Crippen LogP contribution < -0.4 is 15.8 Å². The number of benzene rings is 1. The van der Waals surface area contributed by atoms with Crippen molar-refractivity contribution >= 4 is 12.0 Å². The van der Waals surface area contributed by atoms with Gasteiger partial charge in [-0.3, -0.25) is 4.79 Å². The number of primary amides is 1. The Morgan fingerprint density at radius 2 is 1.73 bits per heavy atom. The zero-order chi connectivity index (χ0) is 22.6. The summed E-state index contributed by atoms with van der Waals surface area (Å²) in [5.74, 6) is 1.50. The molecule has 6 fully saturated rings. The minimum Gasteiger partial charge on any atom is -0.410 e. The van der Waals surface area contributed by atoms with Gasteiger partial charge in [0.05, 0.1) is 6.54 Å². The zero-order valence-electron chi connectivity index (χ0n) is 18.8. The number of carbonyl (C=O) groups is 2. The minimum atomic E-state index is -0.705. The maximum atomic E-state index is 11.7. The van der Waals surface area contributed by atoms with Gasteiger partial charge in [0.25, 0.3) is 0 Å². The Bertz CT molecular complexity index is 905. The molecule has 8 nitrogen and oxygen atoms in total.